The molecule has 1 aliphatic rings. The van der Waals surface area contributed by atoms with Gasteiger partial charge < -0.3 is 4.57 Å². The van der Waals surface area contributed by atoms with Gasteiger partial charge in [0.05, 0.1) is 17.1 Å². The Kier molecular flexibility index (Phi) is 5.21. The van der Waals surface area contributed by atoms with Gasteiger partial charge in [0.25, 0.3) is 0 Å². The SMILES string of the molecule is Cc1nnc2n1-c1sc(C#CCn3c4ccccc4c4ccccc43)cc1C(c1ccccc1Cl)=NC2. The van der Waals surface area contributed by atoms with Crippen LogP contribution in [0.25, 0.3) is 26.8 Å². The van der Waals surface area contributed by atoms with Crippen molar-refractivity contribution in [3.8, 4) is 16.8 Å². The molecule has 0 radical (unpaired) electrons. The lowest BCUT2D eigenvalue weighted by Gasteiger charge is -2.08. The molecular formula is C30H20ClN5S. The van der Waals surface area contributed by atoms with Crippen LogP contribution in [0.2, 0.25) is 5.02 Å². The van der Waals surface area contributed by atoms with Gasteiger partial charge in [-0.3, -0.25) is 9.56 Å². The molecule has 0 unspecified atom stereocenters. The minimum absolute atomic E-state index is 0.442. The monoisotopic (exact) mass is 517 g/mol. The summed E-state index contributed by atoms with van der Waals surface area (Å²) in [7, 11) is 0. The van der Waals surface area contributed by atoms with E-state index in [-0.39, 0.29) is 0 Å². The molecule has 0 N–H and O–H groups in total. The highest BCUT2D eigenvalue weighted by molar-refractivity contribution is 7.15. The highest BCUT2D eigenvalue weighted by atomic mass is 35.5. The molecule has 37 heavy (non-hydrogen) atoms. The van der Waals surface area contributed by atoms with Gasteiger partial charge in [-0.15, -0.1) is 21.5 Å². The summed E-state index contributed by atoms with van der Waals surface area (Å²) in [5.41, 5.74) is 5.15. The van der Waals surface area contributed by atoms with E-state index in [2.05, 4.69) is 85.8 Å². The molecule has 178 valence electrons. The van der Waals surface area contributed by atoms with Crippen molar-refractivity contribution in [2.45, 2.75) is 20.0 Å². The number of aryl methyl sites for hydroxylation is 1. The van der Waals surface area contributed by atoms with Crippen LogP contribution in [0.3, 0.4) is 0 Å². The zero-order chi connectivity index (χ0) is 24.9. The van der Waals surface area contributed by atoms with E-state index in [0.717, 1.165) is 38.4 Å². The molecule has 3 aromatic heterocycles. The zero-order valence-corrected chi connectivity index (χ0v) is 21.5. The molecule has 0 amide bonds. The Labute approximate surface area is 222 Å². The number of hydrogen-bond acceptors (Lipinski definition) is 4. The lowest BCUT2D eigenvalue weighted by atomic mass is 10.0. The van der Waals surface area contributed by atoms with Crippen LogP contribution >= 0.6 is 22.9 Å². The van der Waals surface area contributed by atoms with Gasteiger partial charge in [-0.1, -0.05) is 78.0 Å². The molecule has 0 atom stereocenters. The van der Waals surface area contributed by atoms with E-state index in [4.69, 9.17) is 16.6 Å². The molecule has 0 bridgehead atoms. The number of nitrogens with zero attached hydrogens (tertiary/aromatic N) is 5. The van der Waals surface area contributed by atoms with Crippen LogP contribution in [-0.4, -0.2) is 25.0 Å². The van der Waals surface area contributed by atoms with Crippen molar-refractivity contribution < 1.29 is 0 Å². The first-order valence-electron chi connectivity index (χ1n) is 12.0. The first-order valence-corrected chi connectivity index (χ1v) is 13.2. The van der Waals surface area contributed by atoms with Crippen LogP contribution in [0, 0.1) is 18.8 Å². The molecule has 1 aliphatic heterocycles. The van der Waals surface area contributed by atoms with Gasteiger partial charge in [0.2, 0.25) is 0 Å². The number of thiophene rings is 1. The number of hydrogen-bond donors (Lipinski definition) is 0. The number of aromatic nitrogens is 4. The lowest BCUT2D eigenvalue weighted by molar-refractivity contribution is 0.869. The number of halogens is 1. The predicted molar refractivity (Wildman–Crippen MR) is 151 cm³/mol. The average molecular weight is 518 g/mol. The van der Waals surface area contributed by atoms with Gasteiger partial charge in [-0.2, -0.15) is 0 Å². The van der Waals surface area contributed by atoms with E-state index >= 15 is 0 Å². The maximum atomic E-state index is 6.59. The minimum Gasteiger partial charge on any atom is -0.329 e. The van der Waals surface area contributed by atoms with E-state index in [1.165, 1.54) is 21.8 Å². The van der Waals surface area contributed by atoms with Crippen LogP contribution in [0.15, 0.2) is 83.9 Å². The van der Waals surface area contributed by atoms with Gasteiger partial charge in [-0.05, 0) is 31.2 Å². The number of benzene rings is 3. The van der Waals surface area contributed by atoms with Crippen molar-refractivity contribution in [2.24, 2.45) is 4.99 Å². The molecule has 7 rings (SSSR count). The van der Waals surface area contributed by atoms with Crippen LogP contribution < -0.4 is 0 Å². The van der Waals surface area contributed by atoms with Crippen molar-refractivity contribution in [2.75, 3.05) is 0 Å². The third kappa shape index (κ3) is 3.59. The first kappa shape index (κ1) is 22.1. The Balaban J connectivity index is 1.33. The second-order valence-corrected chi connectivity index (χ2v) is 10.3. The topological polar surface area (TPSA) is 48.0 Å². The number of rotatable bonds is 2. The molecule has 0 fully saturated rings. The molecule has 0 spiro atoms. The van der Waals surface area contributed by atoms with E-state index in [1.807, 2.05) is 31.2 Å². The molecule has 0 saturated heterocycles. The fourth-order valence-electron chi connectivity index (χ4n) is 5.05. The third-order valence-electron chi connectivity index (χ3n) is 6.70. The highest BCUT2D eigenvalue weighted by Gasteiger charge is 2.25. The van der Waals surface area contributed by atoms with E-state index < -0.39 is 0 Å². The minimum atomic E-state index is 0.442. The quantitative estimate of drug-likeness (QED) is 0.237. The molecule has 4 heterocycles. The molecule has 6 aromatic rings. The lowest BCUT2D eigenvalue weighted by Crippen LogP contribution is -2.05. The van der Waals surface area contributed by atoms with E-state index in [9.17, 15) is 0 Å². The smallest absolute Gasteiger partial charge is 0.160 e. The van der Waals surface area contributed by atoms with Crippen molar-refractivity contribution in [3.63, 3.8) is 0 Å². The zero-order valence-electron chi connectivity index (χ0n) is 19.9. The van der Waals surface area contributed by atoms with Crippen LogP contribution in [0.5, 0.6) is 0 Å². The standard InChI is InChI=1S/C30H20ClN5S/c1-19-33-34-28-18-32-29(23-12-2-5-13-25(23)31)24-17-20(37-30(24)36(19)28)9-8-16-35-26-14-6-3-10-21(26)22-11-4-7-15-27(22)35/h2-7,10-15,17H,16,18H2,1H3. The summed E-state index contributed by atoms with van der Waals surface area (Å²) in [4.78, 5) is 5.88. The van der Waals surface area contributed by atoms with Crippen LogP contribution in [0.4, 0.5) is 0 Å². The Hall–Kier alpha value is -4.18. The first-order chi connectivity index (χ1) is 18.2. The van der Waals surface area contributed by atoms with E-state index in [0.29, 0.717) is 18.1 Å². The average Bonchev–Trinajstić information content (AvgIpc) is 3.56. The summed E-state index contributed by atoms with van der Waals surface area (Å²) < 4.78 is 4.38. The summed E-state index contributed by atoms with van der Waals surface area (Å²) in [6, 6.07) is 26.9. The summed E-state index contributed by atoms with van der Waals surface area (Å²) in [5.74, 6) is 8.50. The molecule has 3 aromatic carbocycles. The Morgan fingerprint density at radius 2 is 1.59 bits per heavy atom. The molecule has 0 aliphatic carbocycles. The molecular weight excluding hydrogens is 498 g/mol. The van der Waals surface area contributed by atoms with Crippen molar-refractivity contribution in [1.82, 2.24) is 19.3 Å². The number of para-hydroxylation sites is 2. The highest BCUT2D eigenvalue weighted by Crippen LogP contribution is 2.34. The maximum Gasteiger partial charge on any atom is 0.160 e. The van der Waals surface area contributed by atoms with Gasteiger partial charge in [0.15, 0.2) is 5.82 Å². The Morgan fingerprint density at radius 3 is 2.35 bits per heavy atom. The molecule has 7 heteroatoms. The predicted octanol–water partition coefficient (Wildman–Crippen LogP) is 6.80. The normalized spacial score (nSPS) is 12.5. The van der Waals surface area contributed by atoms with Gasteiger partial charge in [0, 0.05) is 38.0 Å². The van der Waals surface area contributed by atoms with E-state index in [1.54, 1.807) is 11.3 Å². The van der Waals surface area contributed by atoms with Crippen LogP contribution in [0.1, 0.15) is 27.7 Å². The molecule has 5 nitrogen and oxygen atoms in total. The second kappa shape index (κ2) is 8.74. The number of fused-ring (bicyclic) bond motifs is 6. The number of aliphatic imine (C=N–C) groups is 1. The van der Waals surface area contributed by atoms with Gasteiger partial charge >= 0.3 is 0 Å². The van der Waals surface area contributed by atoms with Crippen LogP contribution in [-0.2, 0) is 13.1 Å². The molecule has 0 saturated carbocycles. The summed E-state index contributed by atoms with van der Waals surface area (Å²) in [6.07, 6.45) is 0. The Morgan fingerprint density at radius 1 is 0.892 bits per heavy atom. The largest absolute Gasteiger partial charge is 0.329 e. The van der Waals surface area contributed by atoms with Gasteiger partial charge in [-0.25, -0.2) is 0 Å². The summed E-state index contributed by atoms with van der Waals surface area (Å²) >= 11 is 8.23. The second-order valence-electron chi connectivity index (χ2n) is 8.90. The fraction of sp³-hybridized carbons (Fsp3) is 0.100. The van der Waals surface area contributed by atoms with Crippen molar-refractivity contribution in [3.05, 3.63) is 112 Å². The third-order valence-corrected chi connectivity index (χ3v) is 8.06. The fourth-order valence-corrected chi connectivity index (χ4v) is 6.38. The van der Waals surface area contributed by atoms with Crippen molar-refractivity contribution in [1.29, 1.82) is 0 Å². The Bertz CT molecular complexity index is 1870. The van der Waals surface area contributed by atoms with Gasteiger partial charge in [0.1, 0.15) is 17.4 Å². The summed E-state index contributed by atoms with van der Waals surface area (Å²) in [6.45, 7) is 3.00. The maximum absolute atomic E-state index is 6.59. The van der Waals surface area contributed by atoms with Crippen molar-refractivity contribution >= 4 is 50.5 Å². The summed E-state index contributed by atoms with van der Waals surface area (Å²) in [5, 5.41) is 12.9.